The number of thiazole rings is 1. The number of hydrogen-bond acceptors (Lipinski definition) is 5. The number of nitrogens with one attached hydrogen (secondary N) is 1. The first-order valence-corrected chi connectivity index (χ1v) is 8.64. The summed E-state index contributed by atoms with van der Waals surface area (Å²) >= 11 is 1.52. The molecule has 0 unspecified atom stereocenters. The maximum atomic E-state index is 12.4. The quantitative estimate of drug-likeness (QED) is 0.698. The molecule has 5 nitrogen and oxygen atoms in total. The maximum absolute atomic E-state index is 12.4. The van der Waals surface area contributed by atoms with Gasteiger partial charge in [0.2, 0.25) is 0 Å². The molecule has 0 bridgehead atoms. The van der Waals surface area contributed by atoms with Crippen molar-refractivity contribution in [3.05, 3.63) is 71.2 Å². The lowest BCUT2D eigenvalue weighted by Crippen LogP contribution is -2.12. The van der Waals surface area contributed by atoms with E-state index in [4.69, 9.17) is 4.74 Å². The minimum absolute atomic E-state index is 0.220. The maximum Gasteiger partial charge on any atom is 0.338 e. The van der Waals surface area contributed by atoms with Crippen molar-refractivity contribution in [2.45, 2.75) is 6.92 Å². The van der Waals surface area contributed by atoms with Gasteiger partial charge in [-0.15, -0.1) is 11.3 Å². The van der Waals surface area contributed by atoms with Crippen LogP contribution < -0.4 is 5.32 Å². The second kappa shape index (κ2) is 7.72. The topological polar surface area (TPSA) is 68.3 Å². The Bertz CT molecular complexity index is 874. The third-order valence-corrected chi connectivity index (χ3v) is 4.28. The second-order valence-electron chi connectivity index (χ2n) is 5.17. The van der Waals surface area contributed by atoms with Crippen LogP contribution in [0.4, 0.5) is 5.69 Å². The van der Waals surface area contributed by atoms with Gasteiger partial charge < -0.3 is 10.1 Å². The molecule has 0 atom stereocenters. The van der Waals surface area contributed by atoms with Crippen molar-refractivity contribution >= 4 is 28.9 Å². The number of ether oxygens (including phenoxy) is 1. The highest BCUT2D eigenvalue weighted by Crippen LogP contribution is 2.23. The normalized spacial score (nSPS) is 10.3. The Morgan fingerprint density at radius 3 is 2.60 bits per heavy atom. The first-order chi connectivity index (χ1) is 12.2. The van der Waals surface area contributed by atoms with Crippen molar-refractivity contribution in [3.8, 4) is 10.6 Å². The molecule has 0 radical (unpaired) electrons. The highest BCUT2D eigenvalue weighted by molar-refractivity contribution is 7.13. The van der Waals surface area contributed by atoms with Crippen LogP contribution in [-0.4, -0.2) is 23.5 Å². The lowest BCUT2D eigenvalue weighted by molar-refractivity contribution is 0.0526. The van der Waals surface area contributed by atoms with Crippen LogP contribution in [0.1, 0.15) is 27.6 Å². The van der Waals surface area contributed by atoms with E-state index in [-0.39, 0.29) is 11.9 Å². The smallest absolute Gasteiger partial charge is 0.338 e. The van der Waals surface area contributed by atoms with Crippen molar-refractivity contribution in [1.82, 2.24) is 4.98 Å². The molecule has 1 amide bonds. The third kappa shape index (κ3) is 4.10. The second-order valence-corrected chi connectivity index (χ2v) is 6.06. The largest absolute Gasteiger partial charge is 0.462 e. The van der Waals surface area contributed by atoms with Gasteiger partial charge in [0, 0.05) is 28.4 Å². The molecular formula is C19H16N2O3S. The molecule has 126 valence electrons. The average Bonchev–Trinajstić information content (AvgIpc) is 3.17. The van der Waals surface area contributed by atoms with Crippen LogP contribution in [0.5, 0.6) is 0 Å². The van der Waals surface area contributed by atoms with E-state index < -0.39 is 0 Å². The monoisotopic (exact) mass is 352 g/mol. The van der Waals surface area contributed by atoms with E-state index in [1.54, 1.807) is 49.5 Å². The number of carbonyl (C=O) groups excluding carboxylic acids is 2. The van der Waals surface area contributed by atoms with Crippen molar-refractivity contribution < 1.29 is 14.3 Å². The average molecular weight is 352 g/mol. The number of rotatable bonds is 5. The molecule has 0 aliphatic heterocycles. The molecule has 0 fully saturated rings. The van der Waals surface area contributed by atoms with Crippen molar-refractivity contribution in [3.63, 3.8) is 0 Å². The van der Waals surface area contributed by atoms with E-state index in [9.17, 15) is 9.59 Å². The van der Waals surface area contributed by atoms with Gasteiger partial charge in [-0.25, -0.2) is 9.78 Å². The molecule has 0 aliphatic rings. The Morgan fingerprint density at radius 1 is 1.12 bits per heavy atom. The summed E-state index contributed by atoms with van der Waals surface area (Å²) in [4.78, 5) is 28.3. The molecule has 25 heavy (non-hydrogen) atoms. The summed E-state index contributed by atoms with van der Waals surface area (Å²) in [6.07, 6.45) is 1.73. The summed E-state index contributed by atoms with van der Waals surface area (Å²) in [6.45, 7) is 2.08. The number of carbonyl (C=O) groups is 2. The van der Waals surface area contributed by atoms with Crippen LogP contribution >= 0.6 is 11.3 Å². The first-order valence-electron chi connectivity index (χ1n) is 7.76. The van der Waals surface area contributed by atoms with Crippen LogP contribution in [-0.2, 0) is 4.74 Å². The van der Waals surface area contributed by atoms with Gasteiger partial charge >= 0.3 is 5.97 Å². The molecule has 0 saturated heterocycles. The zero-order chi connectivity index (χ0) is 17.6. The van der Waals surface area contributed by atoms with Gasteiger partial charge in [-0.3, -0.25) is 4.79 Å². The van der Waals surface area contributed by atoms with E-state index in [2.05, 4.69) is 10.3 Å². The van der Waals surface area contributed by atoms with Crippen LogP contribution in [0.3, 0.4) is 0 Å². The Hall–Kier alpha value is -2.99. The molecule has 0 aliphatic carbocycles. The van der Waals surface area contributed by atoms with Crippen LogP contribution in [0.15, 0.2) is 60.1 Å². The van der Waals surface area contributed by atoms with Gasteiger partial charge in [-0.1, -0.05) is 12.1 Å². The predicted octanol–water partition coefficient (Wildman–Crippen LogP) is 4.24. The number of amides is 1. The number of anilines is 1. The number of nitrogens with zero attached hydrogens (tertiary/aromatic N) is 1. The molecule has 1 heterocycles. The lowest BCUT2D eigenvalue weighted by atomic mass is 10.1. The van der Waals surface area contributed by atoms with Gasteiger partial charge in [0.1, 0.15) is 5.01 Å². The summed E-state index contributed by atoms with van der Waals surface area (Å²) < 4.78 is 4.94. The zero-order valence-corrected chi connectivity index (χ0v) is 14.4. The Kier molecular flexibility index (Phi) is 5.20. The zero-order valence-electron chi connectivity index (χ0n) is 13.6. The van der Waals surface area contributed by atoms with Crippen molar-refractivity contribution in [1.29, 1.82) is 0 Å². The molecule has 6 heteroatoms. The Morgan fingerprint density at radius 2 is 1.92 bits per heavy atom. The highest BCUT2D eigenvalue weighted by Gasteiger charge is 2.10. The molecule has 3 aromatic rings. The fourth-order valence-electron chi connectivity index (χ4n) is 2.27. The van der Waals surface area contributed by atoms with Gasteiger partial charge in [-0.2, -0.15) is 0 Å². The molecule has 1 aromatic heterocycles. The van der Waals surface area contributed by atoms with Gasteiger partial charge in [0.15, 0.2) is 0 Å². The summed E-state index contributed by atoms with van der Waals surface area (Å²) in [5.41, 5.74) is 2.51. The molecule has 0 saturated carbocycles. The minimum atomic E-state index is -0.378. The van der Waals surface area contributed by atoms with Crippen molar-refractivity contribution in [2.24, 2.45) is 0 Å². The lowest BCUT2D eigenvalue weighted by Gasteiger charge is -2.07. The van der Waals surface area contributed by atoms with E-state index in [1.807, 2.05) is 17.5 Å². The molecule has 0 spiro atoms. The van der Waals surface area contributed by atoms with E-state index >= 15 is 0 Å². The van der Waals surface area contributed by atoms with Crippen molar-refractivity contribution in [2.75, 3.05) is 11.9 Å². The number of aromatic nitrogens is 1. The Labute approximate surface area is 149 Å². The van der Waals surface area contributed by atoms with Gasteiger partial charge in [0.05, 0.1) is 12.2 Å². The Balaban J connectivity index is 1.72. The molecular weight excluding hydrogens is 336 g/mol. The van der Waals surface area contributed by atoms with Crippen LogP contribution in [0.2, 0.25) is 0 Å². The molecule has 1 N–H and O–H groups in total. The van der Waals surface area contributed by atoms with Gasteiger partial charge in [0.25, 0.3) is 5.91 Å². The van der Waals surface area contributed by atoms with Gasteiger partial charge in [-0.05, 0) is 43.3 Å². The fraction of sp³-hybridized carbons (Fsp3) is 0.105. The van der Waals surface area contributed by atoms with E-state index in [0.717, 1.165) is 10.6 Å². The fourth-order valence-corrected chi connectivity index (χ4v) is 2.90. The summed E-state index contributed by atoms with van der Waals surface area (Å²) in [6, 6.07) is 13.9. The summed E-state index contributed by atoms with van der Waals surface area (Å²) in [7, 11) is 0. The SMILES string of the molecule is CCOC(=O)c1ccc(NC(=O)c2cccc(-c3nccs3)c2)cc1. The number of benzene rings is 2. The summed E-state index contributed by atoms with van der Waals surface area (Å²) in [5.74, 6) is -0.598. The van der Waals surface area contributed by atoms with Crippen LogP contribution in [0, 0.1) is 0 Å². The first kappa shape index (κ1) is 16.9. The molecule has 3 rings (SSSR count). The molecule has 2 aromatic carbocycles. The van der Waals surface area contributed by atoms with Crippen LogP contribution in [0.25, 0.3) is 10.6 Å². The standard InChI is InChI=1S/C19H16N2O3S/c1-2-24-19(23)13-6-8-16(9-7-13)21-17(22)14-4-3-5-15(12-14)18-20-10-11-25-18/h3-12H,2H2,1H3,(H,21,22). The van der Waals surface area contributed by atoms with E-state index in [1.165, 1.54) is 11.3 Å². The minimum Gasteiger partial charge on any atom is -0.462 e. The number of esters is 1. The third-order valence-electron chi connectivity index (χ3n) is 3.46. The highest BCUT2D eigenvalue weighted by atomic mass is 32.1. The van der Waals surface area contributed by atoms with E-state index in [0.29, 0.717) is 23.4 Å². The number of hydrogen-bond donors (Lipinski definition) is 1. The summed E-state index contributed by atoms with van der Waals surface area (Å²) in [5, 5.41) is 5.59. The predicted molar refractivity (Wildman–Crippen MR) is 97.9 cm³/mol.